The second-order valence-corrected chi connectivity index (χ2v) is 4.88. The molecule has 1 aromatic heterocycles. The second kappa shape index (κ2) is 4.31. The molecule has 2 rings (SSSR count). The first-order chi connectivity index (χ1) is 6.77. The summed E-state index contributed by atoms with van der Waals surface area (Å²) in [7, 11) is 1.88. The van der Waals surface area contributed by atoms with Gasteiger partial charge in [0.2, 0.25) is 0 Å². The number of aliphatic hydroxyl groups is 1. The van der Waals surface area contributed by atoms with Crippen LogP contribution in [0.25, 0.3) is 0 Å². The highest BCUT2D eigenvalue weighted by molar-refractivity contribution is 7.99. The number of hydrogen-bond acceptors (Lipinski definition) is 4. The highest BCUT2D eigenvalue weighted by Gasteiger charge is 2.25. The number of hydrogen-bond donors (Lipinski definition) is 1. The first-order valence-corrected chi connectivity index (χ1v) is 5.84. The zero-order valence-electron chi connectivity index (χ0n) is 8.26. The van der Waals surface area contributed by atoms with E-state index in [-0.39, 0.29) is 6.10 Å². The molecule has 0 amide bonds. The predicted molar refractivity (Wildman–Crippen MR) is 55.1 cm³/mol. The molecule has 1 aliphatic rings. The summed E-state index contributed by atoms with van der Waals surface area (Å²) in [5.74, 6) is 0. The lowest BCUT2D eigenvalue weighted by molar-refractivity contribution is 0.137. The quantitative estimate of drug-likeness (QED) is 0.802. The first-order valence-electron chi connectivity index (χ1n) is 4.96. The van der Waals surface area contributed by atoms with Gasteiger partial charge >= 0.3 is 0 Å². The Morgan fingerprint density at radius 2 is 2.29 bits per heavy atom. The van der Waals surface area contributed by atoms with Crippen LogP contribution in [0.2, 0.25) is 0 Å². The fraction of sp³-hybridized carbons (Fsp3) is 0.778. The summed E-state index contributed by atoms with van der Waals surface area (Å²) in [6, 6.07) is 0. The summed E-state index contributed by atoms with van der Waals surface area (Å²) in [6.07, 6.45) is 5.75. The van der Waals surface area contributed by atoms with Crippen molar-refractivity contribution < 1.29 is 5.11 Å². The first kappa shape index (κ1) is 9.98. The average Bonchev–Trinajstić information content (AvgIpc) is 2.56. The smallest absolute Gasteiger partial charge is 0.186 e. The number of aryl methyl sites for hydroxylation is 1. The molecule has 0 aliphatic heterocycles. The standard InChI is InChI=1S/C9H15N3OS/c1-12-9(10-6-11-12)14-8-5-3-2-4-7(8)13/h6-8,13H,2-5H2,1H3/t7-,8-/m1/s1. The SMILES string of the molecule is Cn1ncnc1S[C@@H]1CCCC[C@H]1O. The lowest BCUT2D eigenvalue weighted by Crippen LogP contribution is -2.27. The van der Waals surface area contributed by atoms with E-state index >= 15 is 0 Å². The van der Waals surface area contributed by atoms with Crippen LogP contribution in [0.1, 0.15) is 25.7 Å². The third-order valence-electron chi connectivity index (χ3n) is 2.59. The zero-order valence-corrected chi connectivity index (χ0v) is 9.07. The summed E-state index contributed by atoms with van der Waals surface area (Å²) in [4.78, 5) is 4.15. The number of aromatic nitrogens is 3. The normalized spacial score (nSPS) is 27.9. The summed E-state index contributed by atoms with van der Waals surface area (Å²) >= 11 is 1.65. The van der Waals surface area contributed by atoms with Crippen LogP contribution in [0, 0.1) is 0 Å². The van der Waals surface area contributed by atoms with Crippen molar-refractivity contribution in [2.75, 3.05) is 0 Å². The van der Waals surface area contributed by atoms with Gasteiger partial charge in [0.05, 0.1) is 6.10 Å². The van der Waals surface area contributed by atoms with E-state index in [9.17, 15) is 5.11 Å². The van der Waals surface area contributed by atoms with E-state index in [1.807, 2.05) is 7.05 Å². The van der Waals surface area contributed by atoms with Crippen molar-refractivity contribution in [3.63, 3.8) is 0 Å². The maximum atomic E-state index is 9.78. The summed E-state index contributed by atoms with van der Waals surface area (Å²) in [5.41, 5.74) is 0. The molecule has 1 aliphatic carbocycles. The maximum absolute atomic E-state index is 9.78. The summed E-state index contributed by atoms with van der Waals surface area (Å²) in [5, 5.41) is 15.0. The molecule has 0 radical (unpaired) electrons. The van der Waals surface area contributed by atoms with Crippen molar-refractivity contribution in [3.8, 4) is 0 Å². The zero-order chi connectivity index (χ0) is 9.97. The Morgan fingerprint density at radius 1 is 1.50 bits per heavy atom. The molecule has 0 bridgehead atoms. The second-order valence-electron chi connectivity index (χ2n) is 3.67. The lowest BCUT2D eigenvalue weighted by atomic mass is 9.97. The minimum Gasteiger partial charge on any atom is -0.392 e. The van der Waals surface area contributed by atoms with E-state index in [1.54, 1.807) is 22.8 Å². The van der Waals surface area contributed by atoms with Crippen molar-refractivity contribution in [3.05, 3.63) is 6.33 Å². The number of thioether (sulfide) groups is 1. The van der Waals surface area contributed by atoms with Gasteiger partial charge in [0.15, 0.2) is 5.16 Å². The van der Waals surface area contributed by atoms with E-state index in [1.165, 1.54) is 6.42 Å². The molecular formula is C9H15N3OS. The monoisotopic (exact) mass is 213 g/mol. The van der Waals surface area contributed by atoms with Crippen molar-refractivity contribution in [2.45, 2.75) is 42.2 Å². The molecule has 0 aromatic carbocycles. The molecule has 1 saturated carbocycles. The van der Waals surface area contributed by atoms with Gasteiger partial charge < -0.3 is 5.11 Å². The highest BCUT2D eigenvalue weighted by atomic mass is 32.2. The van der Waals surface area contributed by atoms with Gasteiger partial charge in [-0.15, -0.1) is 0 Å². The van der Waals surface area contributed by atoms with Gasteiger partial charge in [-0.1, -0.05) is 24.6 Å². The van der Waals surface area contributed by atoms with Crippen LogP contribution in [0.3, 0.4) is 0 Å². The fourth-order valence-electron chi connectivity index (χ4n) is 1.74. The third-order valence-corrected chi connectivity index (χ3v) is 4.03. The largest absolute Gasteiger partial charge is 0.392 e. The maximum Gasteiger partial charge on any atom is 0.186 e. The predicted octanol–water partition coefficient (Wildman–Crippen LogP) is 1.21. The summed E-state index contributed by atoms with van der Waals surface area (Å²) in [6.45, 7) is 0. The summed E-state index contributed by atoms with van der Waals surface area (Å²) < 4.78 is 1.76. The van der Waals surface area contributed by atoms with E-state index in [4.69, 9.17) is 0 Å². The fourth-order valence-corrected chi connectivity index (χ4v) is 2.90. The third kappa shape index (κ3) is 2.09. The van der Waals surface area contributed by atoms with Crippen molar-refractivity contribution >= 4 is 11.8 Å². The van der Waals surface area contributed by atoms with Gasteiger partial charge in [-0.2, -0.15) is 5.10 Å². The minimum atomic E-state index is -0.176. The number of nitrogens with zero attached hydrogens (tertiary/aromatic N) is 3. The Bertz CT molecular complexity index is 302. The van der Waals surface area contributed by atoms with Crippen molar-refractivity contribution in [1.82, 2.24) is 14.8 Å². The molecule has 78 valence electrons. The molecule has 1 N–H and O–H groups in total. The van der Waals surface area contributed by atoms with Crippen LogP contribution in [-0.4, -0.2) is 31.2 Å². The molecule has 1 heterocycles. The van der Waals surface area contributed by atoms with Crippen LogP contribution in [-0.2, 0) is 7.05 Å². The van der Waals surface area contributed by atoms with Crippen molar-refractivity contribution in [1.29, 1.82) is 0 Å². The topological polar surface area (TPSA) is 50.9 Å². The Labute approximate surface area is 87.7 Å². The minimum absolute atomic E-state index is 0.176. The van der Waals surface area contributed by atoms with E-state index in [2.05, 4.69) is 10.1 Å². The molecular weight excluding hydrogens is 198 g/mol. The van der Waals surface area contributed by atoms with Crippen LogP contribution in [0.5, 0.6) is 0 Å². The van der Waals surface area contributed by atoms with Crippen LogP contribution in [0.15, 0.2) is 11.5 Å². The lowest BCUT2D eigenvalue weighted by Gasteiger charge is -2.26. The highest BCUT2D eigenvalue weighted by Crippen LogP contribution is 2.32. The van der Waals surface area contributed by atoms with Gasteiger partial charge in [0.1, 0.15) is 6.33 Å². The molecule has 0 saturated heterocycles. The van der Waals surface area contributed by atoms with Crippen LogP contribution >= 0.6 is 11.8 Å². The van der Waals surface area contributed by atoms with E-state index < -0.39 is 0 Å². The van der Waals surface area contributed by atoms with E-state index in [0.717, 1.165) is 24.4 Å². The Morgan fingerprint density at radius 3 is 2.93 bits per heavy atom. The van der Waals surface area contributed by atoms with Crippen molar-refractivity contribution in [2.24, 2.45) is 7.05 Å². The average molecular weight is 213 g/mol. The molecule has 4 nitrogen and oxygen atoms in total. The van der Waals surface area contributed by atoms with Crippen LogP contribution < -0.4 is 0 Å². The Hall–Kier alpha value is -0.550. The molecule has 2 atom stereocenters. The Balaban J connectivity index is 1.99. The molecule has 1 fully saturated rings. The molecule has 5 heteroatoms. The van der Waals surface area contributed by atoms with Gasteiger partial charge in [-0.3, -0.25) is 0 Å². The number of aliphatic hydroxyl groups excluding tert-OH is 1. The molecule has 0 unspecified atom stereocenters. The van der Waals surface area contributed by atoms with Crippen LogP contribution in [0.4, 0.5) is 0 Å². The Kier molecular flexibility index (Phi) is 3.08. The molecule has 14 heavy (non-hydrogen) atoms. The molecule has 1 aromatic rings. The molecule has 0 spiro atoms. The van der Waals surface area contributed by atoms with Gasteiger partial charge in [0, 0.05) is 12.3 Å². The van der Waals surface area contributed by atoms with E-state index in [0.29, 0.717) is 5.25 Å². The van der Waals surface area contributed by atoms with Gasteiger partial charge in [0.25, 0.3) is 0 Å². The number of rotatable bonds is 2. The van der Waals surface area contributed by atoms with Gasteiger partial charge in [-0.05, 0) is 12.8 Å². The van der Waals surface area contributed by atoms with Gasteiger partial charge in [-0.25, -0.2) is 9.67 Å².